The second-order valence-electron chi connectivity index (χ2n) is 16.4. The normalized spacial score (nSPS) is 11.8. The lowest BCUT2D eigenvalue weighted by atomic mass is 9.94. The Morgan fingerprint density at radius 1 is 0.328 bits per heavy atom. The third-order valence-electron chi connectivity index (χ3n) is 12.7. The molecule has 0 amide bonds. The average molecular weight is 852 g/mol. The van der Waals surface area contributed by atoms with Crippen molar-refractivity contribution in [3.05, 3.63) is 224 Å². The minimum Gasteiger partial charge on any atom is -0.455 e. The standard InChI is InChI=1S/C60H37NOS2/c1-5-15-38(16-6-1)42-25-28-49-56(35-42)64-60-47(41-21-11-4-12-22-41)31-32-52(58(49)60)61(44-27-34-55-50(36-44)48-23-13-14-24-54(48)63-55)43-26-33-53-51(37-43)57-45(39-17-7-2-8-18-39)29-30-46(59(57)62-53)40-19-9-3-10-20-40/h1-37H. The van der Waals surface area contributed by atoms with E-state index in [0.29, 0.717) is 0 Å². The van der Waals surface area contributed by atoms with Gasteiger partial charge in [-0.2, -0.15) is 0 Å². The average Bonchev–Trinajstić information content (AvgIpc) is 4.06. The molecule has 0 aliphatic heterocycles. The Bertz CT molecular complexity index is 3890. The fourth-order valence-corrected chi connectivity index (χ4v) is 12.1. The van der Waals surface area contributed by atoms with Crippen molar-refractivity contribution in [1.82, 2.24) is 0 Å². The summed E-state index contributed by atoms with van der Waals surface area (Å²) in [5.74, 6) is 0. The zero-order valence-corrected chi connectivity index (χ0v) is 36.2. The Hall–Kier alpha value is -7.76. The summed E-state index contributed by atoms with van der Waals surface area (Å²) in [5, 5.41) is 7.22. The molecular weight excluding hydrogens is 815 g/mol. The van der Waals surface area contributed by atoms with Crippen LogP contribution in [0.15, 0.2) is 229 Å². The first-order chi connectivity index (χ1) is 31.7. The van der Waals surface area contributed by atoms with Gasteiger partial charge < -0.3 is 9.32 Å². The number of rotatable bonds is 7. The lowest BCUT2D eigenvalue weighted by Gasteiger charge is -2.27. The quantitative estimate of drug-likeness (QED) is 0.159. The predicted molar refractivity (Wildman–Crippen MR) is 276 cm³/mol. The molecule has 3 aromatic heterocycles. The van der Waals surface area contributed by atoms with Crippen LogP contribution in [0.1, 0.15) is 0 Å². The van der Waals surface area contributed by atoms with Gasteiger partial charge in [-0.25, -0.2) is 0 Å². The van der Waals surface area contributed by atoms with E-state index >= 15 is 0 Å². The minimum absolute atomic E-state index is 0.859. The van der Waals surface area contributed by atoms with E-state index < -0.39 is 0 Å². The molecule has 0 radical (unpaired) electrons. The van der Waals surface area contributed by atoms with E-state index in [1.54, 1.807) is 0 Å². The summed E-state index contributed by atoms with van der Waals surface area (Å²) in [7, 11) is 0. The predicted octanol–water partition coefficient (Wildman–Crippen LogP) is 18.5. The van der Waals surface area contributed by atoms with Crippen molar-refractivity contribution < 1.29 is 4.42 Å². The molecule has 0 atom stereocenters. The van der Waals surface area contributed by atoms with Crippen LogP contribution < -0.4 is 4.90 Å². The number of hydrogen-bond donors (Lipinski definition) is 0. The van der Waals surface area contributed by atoms with Gasteiger partial charge in [0, 0.05) is 68.1 Å². The second kappa shape index (κ2) is 15.0. The van der Waals surface area contributed by atoms with Crippen LogP contribution in [-0.2, 0) is 0 Å². The third-order valence-corrected chi connectivity index (χ3v) is 15.0. The first-order valence-corrected chi connectivity index (χ1v) is 23.3. The van der Waals surface area contributed by atoms with Gasteiger partial charge in [0.05, 0.1) is 5.69 Å². The summed E-state index contributed by atoms with van der Waals surface area (Å²) < 4.78 is 12.1. The summed E-state index contributed by atoms with van der Waals surface area (Å²) >= 11 is 3.74. The minimum atomic E-state index is 0.859. The molecule has 13 aromatic rings. The van der Waals surface area contributed by atoms with Crippen LogP contribution >= 0.6 is 22.7 Å². The molecule has 64 heavy (non-hydrogen) atoms. The molecule has 0 saturated heterocycles. The molecule has 0 spiro atoms. The largest absolute Gasteiger partial charge is 0.455 e. The number of nitrogens with zero attached hydrogens (tertiary/aromatic N) is 1. The van der Waals surface area contributed by atoms with Gasteiger partial charge in [0.2, 0.25) is 0 Å². The zero-order chi connectivity index (χ0) is 42.1. The van der Waals surface area contributed by atoms with Gasteiger partial charge in [-0.1, -0.05) is 164 Å². The van der Waals surface area contributed by atoms with Gasteiger partial charge >= 0.3 is 0 Å². The molecule has 300 valence electrons. The summed E-state index contributed by atoms with van der Waals surface area (Å²) in [6.07, 6.45) is 0. The maximum absolute atomic E-state index is 6.95. The highest BCUT2D eigenvalue weighted by molar-refractivity contribution is 7.26. The van der Waals surface area contributed by atoms with E-state index in [9.17, 15) is 0 Å². The monoisotopic (exact) mass is 851 g/mol. The first kappa shape index (κ1) is 36.9. The van der Waals surface area contributed by atoms with Crippen molar-refractivity contribution in [2.45, 2.75) is 0 Å². The maximum atomic E-state index is 6.95. The van der Waals surface area contributed by atoms with Gasteiger partial charge in [0.15, 0.2) is 0 Å². The molecule has 2 nitrogen and oxygen atoms in total. The fourth-order valence-electron chi connectivity index (χ4n) is 9.69. The van der Waals surface area contributed by atoms with Crippen LogP contribution in [0.25, 0.3) is 107 Å². The van der Waals surface area contributed by atoms with Gasteiger partial charge in [-0.05, 0) is 99.6 Å². The molecule has 0 aliphatic carbocycles. The SMILES string of the molecule is c1ccc(-c2ccc3c(c2)sc2c(-c4ccccc4)ccc(N(c4ccc5sc6ccccc6c5c4)c4ccc5oc6c(-c7ccccc7)ccc(-c7ccccc7)c6c5c4)c23)cc1. The zero-order valence-electron chi connectivity index (χ0n) is 34.5. The van der Waals surface area contributed by atoms with Crippen molar-refractivity contribution in [1.29, 1.82) is 0 Å². The van der Waals surface area contributed by atoms with Crippen molar-refractivity contribution >= 4 is 102 Å². The van der Waals surface area contributed by atoms with E-state index in [-0.39, 0.29) is 0 Å². The number of furan rings is 1. The van der Waals surface area contributed by atoms with E-state index in [2.05, 4.69) is 229 Å². The van der Waals surface area contributed by atoms with Crippen LogP contribution in [-0.4, -0.2) is 0 Å². The highest BCUT2D eigenvalue weighted by atomic mass is 32.1. The topological polar surface area (TPSA) is 16.4 Å². The molecule has 3 heterocycles. The number of benzene rings is 10. The molecule has 10 aromatic carbocycles. The second-order valence-corrected chi connectivity index (χ2v) is 18.5. The van der Waals surface area contributed by atoms with E-state index in [0.717, 1.165) is 61.3 Å². The van der Waals surface area contributed by atoms with Crippen LogP contribution in [0, 0.1) is 0 Å². The molecular formula is C60H37NOS2. The third kappa shape index (κ3) is 5.99. The molecule has 0 aliphatic rings. The van der Waals surface area contributed by atoms with Gasteiger partial charge in [-0.3, -0.25) is 0 Å². The number of anilines is 3. The van der Waals surface area contributed by atoms with Gasteiger partial charge in [0.1, 0.15) is 11.2 Å². The van der Waals surface area contributed by atoms with Crippen molar-refractivity contribution in [2.75, 3.05) is 4.90 Å². The number of hydrogen-bond acceptors (Lipinski definition) is 4. The van der Waals surface area contributed by atoms with Crippen molar-refractivity contribution in [2.24, 2.45) is 0 Å². The lowest BCUT2D eigenvalue weighted by molar-refractivity contribution is 0.670. The van der Waals surface area contributed by atoms with E-state index in [1.807, 2.05) is 22.7 Å². The summed E-state index contributed by atoms with van der Waals surface area (Å²) in [4.78, 5) is 2.49. The van der Waals surface area contributed by atoms with Crippen molar-refractivity contribution in [3.63, 3.8) is 0 Å². The Kier molecular flexibility index (Phi) is 8.61. The Morgan fingerprint density at radius 3 is 1.64 bits per heavy atom. The summed E-state index contributed by atoms with van der Waals surface area (Å²) in [5.41, 5.74) is 14.4. The number of fused-ring (bicyclic) bond motifs is 9. The molecule has 13 rings (SSSR count). The Labute approximate surface area is 378 Å². The highest BCUT2D eigenvalue weighted by Crippen LogP contribution is 2.51. The van der Waals surface area contributed by atoms with Crippen LogP contribution in [0.5, 0.6) is 0 Å². The van der Waals surface area contributed by atoms with E-state index in [1.165, 1.54) is 62.6 Å². The van der Waals surface area contributed by atoms with Crippen LogP contribution in [0.2, 0.25) is 0 Å². The Balaban J connectivity index is 1.11. The van der Waals surface area contributed by atoms with E-state index in [4.69, 9.17) is 4.42 Å². The molecule has 0 fully saturated rings. The highest BCUT2D eigenvalue weighted by Gasteiger charge is 2.24. The van der Waals surface area contributed by atoms with Gasteiger partial charge in [-0.15, -0.1) is 22.7 Å². The molecule has 4 heteroatoms. The van der Waals surface area contributed by atoms with Crippen molar-refractivity contribution in [3.8, 4) is 44.5 Å². The molecule has 0 bridgehead atoms. The molecule has 0 unspecified atom stereocenters. The molecule has 0 N–H and O–H groups in total. The van der Waals surface area contributed by atoms with Crippen LogP contribution in [0.4, 0.5) is 17.1 Å². The first-order valence-electron chi connectivity index (χ1n) is 21.7. The smallest absolute Gasteiger partial charge is 0.143 e. The Morgan fingerprint density at radius 2 is 0.906 bits per heavy atom. The van der Waals surface area contributed by atoms with Gasteiger partial charge in [0.25, 0.3) is 0 Å². The number of thiophene rings is 2. The summed E-state index contributed by atoms with van der Waals surface area (Å²) in [6, 6.07) is 81.6. The van der Waals surface area contributed by atoms with Crippen LogP contribution in [0.3, 0.4) is 0 Å². The summed E-state index contributed by atoms with van der Waals surface area (Å²) in [6.45, 7) is 0. The molecule has 0 saturated carbocycles. The lowest BCUT2D eigenvalue weighted by Crippen LogP contribution is -2.10. The fraction of sp³-hybridized carbons (Fsp3) is 0. The maximum Gasteiger partial charge on any atom is 0.143 e.